The van der Waals surface area contributed by atoms with Crippen molar-refractivity contribution in [3.8, 4) is 0 Å². The highest BCUT2D eigenvalue weighted by molar-refractivity contribution is 5.26. The Hall–Kier alpha value is -1.14. The lowest BCUT2D eigenvalue weighted by Crippen LogP contribution is -2.36. The first kappa shape index (κ1) is 15.3. The molecule has 0 amide bonds. The fraction of sp³-hybridized carbons (Fsp3) is 0.571. The van der Waals surface area contributed by atoms with E-state index >= 15 is 0 Å². The second-order valence-corrected chi connectivity index (χ2v) is 4.87. The lowest BCUT2D eigenvalue weighted by atomic mass is 10.1. The highest BCUT2D eigenvalue weighted by Crippen LogP contribution is 2.31. The molecule has 6 heteroatoms. The van der Waals surface area contributed by atoms with Crippen molar-refractivity contribution in [2.75, 3.05) is 32.8 Å². The average molecular weight is 291 g/mol. The van der Waals surface area contributed by atoms with Crippen LogP contribution in [0.1, 0.15) is 17.5 Å². The van der Waals surface area contributed by atoms with Gasteiger partial charge in [0, 0.05) is 13.1 Å². The molecular weight excluding hydrogens is 274 g/mol. The maximum atomic E-state index is 13.4. The molecule has 0 bridgehead atoms. The van der Waals surface area contributed by atoms with Crippen LogP contribution in [0.3, 0.4) is 0 Å². The molecule has 0 aliphatic carbocycles. The molecule has 1 aromatic rings. The molecule has 1 saturated heterocycles. The topological polar surface area (TPSA) is 12.5 Å². The summed E-state index contributed by atoms with van der Waals surface area (Å²) in [5.74, 6) is -1.19. The second kappa shape index (κ2) is 6.54. The summed E-state index contributed by atoms with van der Waals surface area (Å²) in [7, 11) is 0. The molecule has 0 atom stereocenters. The van der Waals surface area contributed by atoms with Crippen molar-refractivity contribution in [1.29, 1.82) is 0 Å². The molecule has 1 aliphatic heterocycles. The van der Waals surface area contributed by atoms with Crippen molar-refractivity contribution in [2.45, 2.75) is 19.0 Å². The van der Waals surface area contributed by atoms with Gasteiger partial charge in [0.1, 0.15) is 5.82 Å². The Balaban J connectivity index is 1.85. The fourth-order valence-electron chi connectivity index (χ4n) is 2.28. The summed E-state index contributed by atoms with van der Waals surface area (Å²) in [5.41, 5.74) is -0.599. The number of rotatable bonds is 4. The van der Waals surface area contributed by atoms with Crippen LogP contribution < -0.4 is 0 Å². The molecule has 0 aromatic heterocycles. The van der Waals surface area contributed by atoms with Crippen LogP contribution in [0.15, 0.2) is 18.2 Å². The summed E-state index contributed by atoms with van der Waals surface area (Å²) >= 11 is 0. The molecule has 0 spiro atoms. The van der Waals surface area contributed by atoms with Crippen LogP contribution in [0.2, 0.25) is 0 Å². The van der Waals surface area contributed by atoms with Gasteiger partial charge >= 0.3 is 6.18 Å². The molecule has 1 fully saturated rings. The molecular formula is C14H17F4NO. The Kier molecular flexibility index (Phi) is 4.99. The standard InChI is InChI=1S/C14H17F4NO/c15-13-10-11(3-4-12(13)14(16,17)18)2-1-5-19-6-8-20-9-7-19/h3-4,10H,1-2,5-9H2. The zero-order chi connectivity index (χ0) is 14.6. The molecule has 112 valence electrons. The van der Waals surface area contributed by atoms with Crippen LogP contribution in [-0.2, 0) is 17.3 Å². The number of alkyl halides is 3. The van der Waals surface area contributed by atoms with Crippen molar-refractivity contribution in [1.82, 2.24) is 4.90 Å². The summed E-state index contributed by atoms with van der Waals surface area (Å²) in [6, 6.07) is 3.16. The van der Waals surface area contributed by atoms with Crippen LogP contribution in [0.4, 0.5) is 17.6 Å². The zero-order valence-electron chi connectivity index (χ0n) is 11.0. The monoisotopic (exact) mass is 291 g/mol. The molecule has 1 aromatic carbocycles. The van der Waals surface area contributed by atoms with E-state index in [4.69, 9.17) is 4.74 Å². The smallest absolute Gasteiger partial charge is 0.379 e. The number of nitrogens with zero attached hydrogens (tertiary/aromatic N) is 1. The summed E-state index contributed by atoms with van der Waals surface area (Å²) < 4.78 is 55.9. The Morgan fingerprint density at radius 2 is 1.85 bits per heavy atom. The minimum Gasteiger partial charge on any atom is -0.379 e. The largest absolute Gasteiger partial charge is 0.419 e. The molecule has 0 radical (unpaired) electrons. The quantitative estimate of drug-likeness (QED) is 0.790. The Bertz CT molecular complexity index is 441. The first-order valence-corrected chi connectivity index (χ1v) is 6.62. The molecule has 1 aliphatic rings. The maximum Gasteiger partial charge on any atom is 0.419 e. The van der Waals surface area contributed by atoms with E-state index in [9.17, 15) is 17.6 Å². The van der Waals surface area contributed by atoms with Gasteiger partial charge in [-0.1, -0.05) is 6.07 Å². The lowest BCUT2D eigenvalue weighted by Gasteiger charge is -2.26. The number of benzene rings is 1. The first-order chi connectivity index (χ1) is 9.47. The minimum atomic E-state index is -4.63. The van der Waals surface area contributed by atoms with Crippen molar-refractivity contribution in [3.63, 3.8) is 0 Å². The summed E-state index contributed by atoms with van der Waals surface area (Å²) in [5, 5.41) is 0. The van der Waals surface area contributed by atoms with Crippen LogP contribution in [-0.4, -0.2) is 37.7 Å². The third kappa shape index (κ3) is 4.18. The lowest BCUT2D eigenvalue weighted by molar-refractivity contribution is -0.140. The van der Waals surface area contributed by atoms with Gasteiger partial charge in [-0.05, 0) is 37.1 Å². The van der Waals surface area contributed by atoms with Gasteiger partial charge < -0.3 is 4.74 Å². The van der Waals surface area contributed by atoms with Gasteiger partial charge in [-0.3, -0.25) is 4.90 Å². The molecule has 2 rings (SSSR count). The molecule has 2 nitrogen and oxygen atoms in total. The van der Waals surface area contributed by atoms with Gasteiger partial charge in [-0.15, -0.1) is 0 Å². The van der Waals surface area contributed by atoms with Crippen LogP contribution in [0.5, 0.6) is 0 Å². The van der Waals surface area contributed by atoms with E-state index < -0.39 is 17.6 Å². The van der Waals surface area contributed by atoms with E-state index in [1.54, 1.807) is 0 Å². The van der Waals surface area contributed by atoms with Gasteiger partial charge in [0.2, 0.25) is 0 Å². The van der Waals surface area contributed by atoms with Crippen LogP contribution in [0.25, 0.3) is 0 Å². The van der Waals surface area contributed by atoms with Crippen molar-refractivity contribution >= 4 is 0 Å². The van der Waals surface area contributed by atoms with E-state index in [0.717, 1.165) is 51.4 Å². The molecule has 0 unspecified atom stereocenters. The second-order valence-electron chi connectivity index (χ2n) is 4.87. The first-order valence-electron chi connectivity index (χ1n) is 6.62. The van der Waals surface area contributed by atoms with Gasteiger partial charge in [0.25, 0.3) is 0 Å². The van der Waals surface area contributed by atoms with Gasteiger partial charge in [-0.25, -0.2) is 4.39 Å². The predicted octanol–water partition coefficient (Wildman–Crippen LogP) is 3.11. The van der Waals surface area contributed by atoms with Gasteiger partial charge in [0.15, 0.2) is 0 Å². The van der Waals surface area contributed by atoms with E-state index in [2.05, 4.69) is 4.90 Å². The zero-order valence-corrected chi connectivity index (χ0v) is 11.0. The van der Waals surface area contributed by atoms with Gasteiger partial charge in [-0.2, -0.15) is 13.2 Å². The van der Waals surface area contributed by atoms with E-state index in [1.807, 2.05) is 0 Å². The van der Waals surface area contributed by atoms with Crippen molar-refractivity contribution in [2.24, 2.45) is 0 Å². The Labute approximate surface area is 115 Å². The minimum absolute atomic E-state index is 0.576. The van der Waals surface area contributed by atoms with Crippen molar-refractivity contribution in [3.05, 3.63) is 35.1 Å². The molecule has 0 saturated carbocycles. The van der Waals surface area contributed by atoms with Crippen molar-refractivity contribution < 1.29 is 22.3 Å². The predicted molar refractivity (Wildman–Crippen MR) is 67.0 cm³/mol. The SMILES string of the molecule is Fc1cc(CCCN2CCOCC2)ccc1C(F)(F)F. The summed E-state index contributed by atoms with van der Waals surface area (Å²) in [4.78, 5) is 2.24. The van der Waals surface area contributed by atoms with E-state index in [1.165, 1.54) is 6.07 Å². The van der Waals surface area contributed by atoms with Gasteiger partial charge in [0.05, 0.1) is 18.8 Å². The van der Waals surface area contributed by atoms with E-state index in [-0.39, 0.29) is 0 Å². The fourth-order valence-corrected chi connectivity index (χ4v) is 2.28. The third-order valence-electron chi connectivity index (χ3n) is 3.38. The average Bonchev–Trinajstić information content (AvgIpc) is 2.38. The summed E-state index contributed by atoms with van der Waals surface area (Å²) in [6.45, 7) is 4.04. The van der Waals surface area contributed by atoms with E-state index in [0.29, 0.717) is 12.0 Å². The normalized spacial score (nSPS) is 17.4. The molecule has 0 N–H and O–H groups in total. The number of hydrogen-bond donors (Lipinski definition) is 0. The Morgan fingerprint density at radius 1 is 1.15 bits per heavy atom. The van der Waals surface area contributed by atoms with Crippen LogP contribution in [0, 0.1) is 5.82 Å². The summed E-state index contributed by atoms with van der Waals surface area (Å²) in [6.07, 6.45) is -3.26. The number of ether oxygens (including phenoxy) is 1. The molecule has 20 heavy (non-hydrogen) atoms. The Morgan fingerprint density at radius 3 is 2.45 bits per heavy atom. The third-order valence-corrected chi connectivity index (χ3v) is 3.38. The maximum absolute atomic E-state index is 13.4. The number of morpholine rings is 1. The molecule has 1 heterocycles. The number of halogens is 4. The number of hydrogen-bond acceptors (Lipinski definition) is 2. The van der Waals surface area contributed by atoms with Crippen LogP contribution >= 0.6 is 0 Å². The number of aryl methyl sites for hydroxylation is 1. The highest BCUT2D eigenvalue weighted by Gasteiger charge is 2.33. The highest BCUT2D eigenvalue weighted by atomic mass is 19.4.